The number of hydrogen-bond donors (Lipinski definition) is 1. The van der Waals surface area contributed by atoms with Gasteiger partial charge in [0.1, 0.15) is 0 Å². The lowest BCUT2D eigenvalue weighted by Gasteiger charge is -2.13. The summed E-state index contributed by atoms with van der Waals surface area (Å²) in [6.45, 7) is 0.0995. The van der Waals surface area contributed by atoms with Crippen LogP contribution < -0.4 is 9.47 Å². The summed E-state index contributed by atoms with van der Waals surface area (Å²) in [4.78, 5) is 0. The number of halogens is 1. The van der Waals surface area contributed by atoms with Gasteiger partial charge < -0.3 is 14.6 Å². The molecule has 1 aromatic carbocycles. The molecule has 1 aliphatic carbocycles. The van der Waals surface area contributed by atoms with Gasteiger partial charge in [0.25, 0.3) is 0 Å². The molecule has 0 aliphatic heterocycles. The second-order valence-electron chi connectivity index (χ2n) is 3.90. The minimum absolute atomic E-state index is 0.0995. The van der Waals surface area contributed by atoms with Gasteiger partial charge in [0, 0.05) is 6.61 Å². The molecule has 4 heteroatoms. The maximum absolute atomic E-state index is 8.88. The van der Waals surface area contributed by atoms with Crippen LogP contribution in [0.3, 0.4) is 0 Å². The SMILES string of the molecule is COc1cc(CCO)cc(Cl)c1OC1CC1. The Kier molecular flexibility index (Phi) is 3.56. The summed E-state index contributed by atoms with van der Waals surface area (Å²) in [6, 6.07) is 3.68. The molecule has 0 bridgehead atoms. The molecule has 1 saturated carbocycles. The lowest BCUT2D eigenvalue weighted by Crippen LogP contribution is -2.01. The van der Waals surface area contributed by atoms with Crippen molar-refractivity contribution >= 4 is 11.6 Å². The summed E-state index contributed by atoms with van der Waals surface area (Å²) in [6.07, 6.45) is 3.02. The molecule has 2 rings (SSSR count). The molecule has 88 valence electrons. The van der Waals surface area contributed by atoms with Gasteiger partial charge in [0.15, 0.2) is 11.5 Å². The molecule has 0 unspecified atom stereocenters. The summed E-state index contributed by atoms with van der Waals surface area (Å²) in [5, 5.41) is 9.43. The third-order valence-electron chi connectivity index (χ3n) is 2.50. The highest BCUT2D eigenvalue weighted by atomic mass is 35.5. The normalized spacial score (nSPS) is 14.9. The highest BCUT2D eigenvalue weighted by Gasteiger charge is 2.26. The number of benzene rings is 1. The quantitative estimate of drug-likeness (QED) is 0.862. The fraction of sp³-hybridized carbons (Fsp3) is 0.500. The van der Waals surface area contributed by atoms with Crippen molar-refractivity contribution in [2.24, 2.45) is 0 Å². The molecule has 1 N–H and O–H groups in total. The molecule has 0 amide bonds. The molecule has 0 radical (unpaired) electrons. The summed E-state index contributed by atoms with van der Waals surface area (Å²) in [5.41, 5.74) is 0.951. The van der Waals surface area contributed by atoms with Crippen LogP contribution in [0.25, 0.3) is 0 Å². The topological polar surface area (TPSA) is 38.7 Å². The largest absolute Gasteiger partial charge is 0.493 e. The van der Waals surface area contributed by atoms with Crippen molar-refractivity contribution in [3.63, 3.8) is 0 Å². The minimum Gasteiger partial charge on any atom is -0.493 e. The van der Waals surface area contributed by atoms with Crippen molar-refractivity contribution in [2.45, 2.75) is 25.4 Å². The van der Waals surface area contributed by atoms with Gasteiger partial charge in [-0.1, -0.05) is 11.6 Å². The van der Waals surface area contributed by atoms with Gasteiger partial charge >= 0.3 is 0 Å². The Morgan fingerprint density at radius 3 is 2.75 bits per heavy atom. The first-order chi connectivity index (χ1) is 7.74. The van der Waals surface area contributed by atoms with Crippen LogP contribution in [0.2, 0.25) is 5.02 Å². The van der Waals surface area contributed by atoms with E-state index in [9.17, 15) is 0 Å². The molecule has 1 aliphatic rings. The van der Waals surface area contributed by atoms with E-state index in [2.05, 4.69) is 0 Å². The third kappa shape index (κ3) is 2.60. The molecule has 3 nitrogen and oxygen atoms in total. The molecular formula is C12H15ClO3. The Balaban J connectivity index is 2.26. The fourth-order valence-electron chi connectivity index (χ4n) is 1.51. The van der Waals surface area contributed by atoms with Crippen LogP contribution >= 0.6 is 11.6 Å². The van der Waals surface area contributed by atoms with Gasteiger partial charge in [0.2, 0.25) is 0 Å². The smallest absolute Gasteiger partial charge is 0.180 e. The second-order valence-corrected chi connectivity index (χ2v) is 4.31. The van der Waals surface area contributed by atoms with Gasteiger partial charge in [-0.2, -0.15) is 0 Å². The average molecular weight is 243 g/mol. The van der Waals surface area contributed by atoms with E-state index in [4.69, 9.17) is 26.2 Å². The van der Waals surface area contributed by atoms with E-state index in [0.29, 0.717) is 22.9 Å². The number of methoxy groups -OCH3 is 1. The predicted molar refractivity (Wildman–Crippen MR) is 62.4 cm³/mol. The number of ether oxygens (including phenoxy) is 2. The first-order valence-corrected chi connectivity index (χ1v) is 5.76. The Labute approximate surface area is 99.9 Å². The van der Waals surface area contributed by atoms with Crippen molar-refractivity contribution in [1.29, 1.82) is 0 Å². The van der Waals surface area contributed by atoms with Crippen molar-refractivity contribution in [1.82, 2.24) is 0 Å². The van der Waals surface area contributed by atoms with E-state index in [1.807, 2.05) is 12.1 Å². The van der Waals surface area contributed by atoms with Crippen LogP contribution in [0.15, 0.2) is 12.1 Å². The lowest BCUT2D eigenvalue weighted by molar-refractivity contribution is 0.281. The molecule has 0 spiro atoms. The Hall–Kier alpha value is -0.930. The molecule has 16 heavy (non-hydrogen) atoms. The zero-order chi connectivity index (χ0) is 11.5. The van der Waals surface area contributed by atoms with E-state index < -0.39 is 0 Å². The Morgan fingerprint density at radius 2 is 2.19 bits per heavy atom. The number of rotatable bonds is 5. The van der Waals surface area contributed by atoms with E-state index in [1.54, 1.807) is 7.11 Å². The van der Waals surface area contributed by atoms with E-state index in [1.165, 1.54) is 0 Å². The van der Waals surface area contributed by atoms with Crippen LogP contribution in [0, 0.1) is 0 Å². The van der Waals surface area contributed by atoms with Crippen LogP contribution in [0.4, 0.5) is 0 Å². The molecule has 0 heterocycles. The van der Waals surface area contributed by atoms with Crippen LogP contribution in [-0.4, -0.2) is 24.9 Å². The molecule has 0 saturated heterocycles. The average Bonchev–Trinajstić information content (AvgIpc) is 3.06. The summed E-state index contributed by atoms with van der Waals surface area (Å²) in [5.74, 6) is 1.26. The number of aliphatic hydroxyl groups is 1. The van der Waals surface area contributed by atoms with E-state index in [0.717, 1.165) is 18.4 Å². The highest BCUT2D eigenvalue weighted by Crippen LogP contribution is 2.40. The van der Waals surface area contributed by atoms with Crippen LogP contribution in [-0.2, 0) is 6.42 Å². The van der Waals surface area contributed by atoms with Gasteiger partial charge in [-0.15, -0.1) is 0 Å². The zero-order valence-electron chi connectivity index (χ0n) is 9.20. The second kappa shape index (κ2) is 4.93. The van der Waals surface area contributed by atoms with Gasteiger partial charge in [-0.05, 0) is 37.0 Å². The number of aliphatic hydroxyl groups excluding tert-OH is 1. The van der Waals surface area contributed by atoms with Crippen LogP contribution in [0.1, 0.15) is 18.4 Å². The molecular weight excluding hydrogens is 228 g/mol. The maximum Gasteiger partial charge on any atom is 0.180 e. The third-order valence-corrected chi connectivity index (χ3v) is 2.78. The van der Waals surface area contributed by atoms with Crippen molar-refractivity contribution in [3.8, 4) is 11.5 Å². The standard InChI is InChI=1S/C12H15ClO3/c1-15-11-7-8(4-5-14)6-10(13)12(11)16-9-2-3-9/h6-7,9,14H,2-5H2,1H3. The predicted octanol–water partition coefficient (Wildman–Crippen LogP) is 2.42. The number of hydrogen-bond acceptors (Lipinski definition) is 3. The van der Waals surface area contributed by atoms with Gasteiger partial charge in [-0.25, -0.2) is 0 Å². The first-order valence-electron chi connectivity index (χ1n) is 5.38. The molecule has 0 aromatic heterocycles. The molecule has 1 aromatic rings. The Morgan fingerprint density at radius 1 is 1.44 bits per heavy atom. The molecule has 0 atom stereocenters. The lowest BCUT2D eigenvalue weighted by atomic mass is 10.1. The van der Waals surface area contributed by atoms with E-state index >= 15 is 0 Å². The van der Waals surface area contributed by atoms with Crippen molar-refractivity contribution in [3.05, 3.63) is 22.7 Å². The summed E-state index contributed by atoms with van der Waals surface area (Å²) in [7, 11) is 1.59. The fourth-order valence-corrected chi connectivity index (χ4v) is 1.79. The zero-order valence-corrected chi connectivity index (χ0v) is 9.96. The van der Waals surface area contributed by atoms with E-state index in [-0.39, 0.29) is 12.7 Å². The summed E-state index contributed by atoms with van der Waals surface area (Å²) >= 11 is 6.13. The van der Waals surface area contributed by atoms with Gasteiger partial charge in [-0.3, -0.25) is 0 Å². The van der Waals surface area contributed by atoms with Gasteiger partial charge in [0.05, 0.1) is 18.2 Å². The van der Waals surface area contributed by atoms with Crippen molar-refractivity contribution in [2.75, 3.05) is 13.7 Å². The monoisotopic (exact) mass is 242 g/mol. The molecule has 1 fully saturated rings. The highest BCUT2D eigenvalue weighted by molar-refractivity contribution is 6.32. The maximum atomic E-state index is 8.88. The summed E-state index contributed by atoms with van der Waals surface area (Å²) < 4.78 is 10.9. The van der Waals surface area contributed by atoms with Crippen LogP contribution in [0.5, 0.6) is 11.5 Å². The van der Waals surface area contributed by atoms with Crippen molar-refractivity contribution < 1.29 is 14.6 Å². The first kappa shape index (κ1) is 11.6. The Bertz CT molecular complexity index is 375. The minimum atomic E-state index is 0.0995.